The zero-order valence-corrected chi connectivity index (χ0v) is 21.8. The Bertz CT molecular complexity index is 1140. The number of carbonyl (C=O) groups is 4. The first-order valence-electron chi connectivity index (χ1n) is 12.2. The first kappa shape index (κ1) is 28.4. The van der Waals surface area contributed by atoms with Crippen LogP contribution in [0.1, 0.15) is 43.2 Å². The fraction of sp³-hybridized carbons (Fsp3) is 0.444. The van der Waals surface area contributed by atoms with Crippen LogP contribution in [0.3, 0.4) is 0 Å². The first-order valence-corrected chi connectivity index (χ1v) is 12.2. The van der Waals surface area contributed by atoms with Crippen molar-refractivity contribution in [3.05, 3.63) is 53.9 Å². The molecular formula is C27H32N2O9. The quantitative estimate of drug-likeness (QED) is 0.293. The lowest BCUT2D eigenvalue weighted by atomic mass is 9.94. The van der Waals surface area contributed by atoms with Crippen molar-refractivity contribution in [3.8, 4) is 11.5 Å². The van der Waals surface area contributed by atoms with Gasteiger partial charge in [0, 0.05) is 12.3 Å². The number of pyridine rings is 1. The smallest absolute Gasteiger partial charge is 0.332 e. The van der Waals surface area contributed by atoms with Crippen LogP contribution in [0, 0.1) is 11.8 Å². The summed E-state index contributed by atoms with van der Waals surface area (Å²) >= 11 is 0. The summed E-state index contributed by atoms with van der Waals surface area (Å²) in [5.74, 6) is -3.37. The van der Waals surface area contributed by atoms with E-state index in [0.717, 1.165) is 5.56 Å². The highest BCUT2D eigenvalue weighted by Crippen LogP contribution is 2.30. The molecule has 38 heavy (non-hydrogen) atoms. The van der Waals surface area contributed by atoms with E-state index < -0.39 is 55.3 Å². The molecule has 0 saturated carbocycles. The standard InChI is InChI=1S/C27H32N2O9/c1-16(2)25(31)37-15-36-23-21(34-4)10-11-28-22(23)24(30)29-20-14-35-26(32)19(12-17(3)38-27(20)33)13-18-8-6-5-7-9-18/h5-11,16-17,19-20H,12-15H2,1-4H3,(H,29,30)/t17?,19?,20-/m0/s1. The molecule has 0 bridgehead atoms. The number of ether oxygens (including phenoxy) is 5. The highest BCUT2D eigenvalue weighted by molar-refractivity contribution is 5.98. The molecule has 1 aromatic heterocycles. The number of nitrogens with one attached hydrogen (secondary N) is 1. The maximum absolute atomic E-state index is 13.1. The maximum atomic E-state index is 13.1. The molecule has 1 aliphatic heterocycles. The number of carbonyl (C=O) groups excluding carboxylic acids is 4. The largest absolute Gasteiger partial charge is 0.493 e. The molecular weight excluding hydrogens is 496 g/mol. The molecule has 2 unspecified atom stereocenters. The van der Waals surface area contributed by atoms with Gasteiger partial charge in [-0.2, -0.15) is 0 Å². The molecule has 11 nitrogen and oxygen atoms in total. The summed E-state index contributed by atoms with van der Waals surface area (Å²) in [5, 5.41) is 2.50. The normalized spacial score (nSPS) is 19.8. The molecule has 0 aliphatic carbocycles. The predicted molar refractivity (Wildman–Crippen MR) is 133 cm³/mol. The van der Waals surface area contributed by atoms with Gasteiger partial charge in [-0.05, 0) is 25.3 Å². The van der Waals surface area contributed by atoms with Crippen LogP contribution in [0.5, 0.6) is 11.5 Å². The third kappa shape index (κ3) is 7.67. The molecule has 1 saturated heterocycles. The van der Waals surface area contributed by atoms with Gasteiger partial charge in [0.05, 0.1) is 25.0 Å². The topological polar surface area (TPSA) is 139 Å². The predicted octanol–water partition coefficient (Wildman–Crippen LogP) is 2.46. The van der Waals surface area contributed by atoms with Crippen molar-refractivity contribution in [1.29, 1.82) is 0 Å². The van der Waals surface area contributed by atoms with Crippen molar-refractivity contribution in [3.63, 3.8) is 0 Å². The maximum Gasteiger partial charge on any atom is 0.332 e. The van der Waals surface area contributed by atoms with Crippen LogP contribution in [0.15, 0.2) is 42.6 Å². The van der Waals surface area contributed by atoms with Crippen LogP contribution in [-0.2, 0) is 35.0 Å². The van der Waals surface area contributed by atoms with E-state index >= 15 is 0 Å². The van der Waals surface area contributed by atoms with E-state index in [1.54, 1.807) is 20.8 Å². The molecule has 0 radical (unpaired) electrons. The molecule has 3 atom stereocenters. The average molecular weight is 529 g/mol. The number of hydrogen-bond acceptors (Lipinski definition) is 10. The third-order valence-corrected chi connectivity index (χ3v) is 5.75. The van der Waals surface area contributed by atoms with Gasteiger partial charge in [-0.1, -0.05) is 44.2 Å². The van der Waals surface area contributed by atoms with E-state index in [4.69, 9.17) is 23.7 Å². The molecule has 204 valence electrons. The Balaban J connectivity index is 1.73. The van der Waals surface area contributed by atoms with E-state index in [1.165, 1.54) is 19.4 Å². The Morgan fingerprint density at radius 1 is 1.13 bits per heavy atom. The molecule has 11 heteroatoms. The van der Waals surface area contributed by atoms with Crippen molar-refractivity contribution >= 4 is 23.8 Å². The summed E-state index contributed by atoms with van der Waals surface area (Å²) in [6, 6.07) is 9.63. The molecule has 1 aliphatic rings. The fourth-order valence-corrected chi connectivity index (χ4v) is 3.77. The summed E-state index contributed by atoms with van der Waals surface area (Å²) in [5.41, 5.74) is 0.728. The first-order chi connectivity index (χ1) is 18.2. The summed E-state index contributed by atoms with van der Waals surface area (Å²) < 4.78 is 26.7. The van der Waals surface area contributed by atoms with E-state index in [0.29, 0.717) is 6.42 Å². The minimum atomic E-state index is -1.29. The number of methoxy groups -OCH3 is 1. The minimum absolute atomic E-state index is 0.0891. The van der Waals surface area contributed by atoms with Crippen LogP contribution in [0.4, 0.5) is 0 Å². The number of benzene rings is 1. The van der Waals surface area contributed by atoms with Gasteiger partial charge in [0.25, 0.3) is 5.91 Å². The van der Waals surface area contributed by atoms with Crippen molar-refractivity contribution in [1.82, 2.24) is 10.3 Å². The third-order valence-electron chi connectivity index (χ3n) is 5.75. The summed E-state index contributed by atoms with van der Waals surface area (Å²) in [6.07, 6.45) is 1.42. The Labute approximate surface area is 220 Å². The van der Waals surface area contributed by atoms with Crippen LogP contribution in [0.2, 0.25) is 0 Å². The fourth-order valence-electron chi connectivity index (χ4n) is 3.77. The van der Waals surface area contributed by atoms with Gasteiger partial charge < -0.3 is 29.0 Å². The van der Waals surface area contributed by atoms with Gasteiger partial charge in [0.1, 0.15) is 6.61 Å². The Morgan fingerprint density at radius 2 is 1.87 bits per heavy atom. The van der Waals surface area contributed by atoms with E-state index in [-0.39, 0.29) is 29.5 Å². The molecule has 1 aromatic carbocycles. The van der Waals surface area contributed by atoms with Gasteiger partial charge in [0.2, 0.25) is 6.79 Å². The van der Waals surface area contributed by atoms with Gasteiger partial charge in [0.15, 0.2) is 23.2 Å². The lowest BCUT2D eigenvalue weighted by Gasteiger charge is -2.19. The molecule has 2 aromatic rings. The number of nitrogens with zero attached hydrogens (tertiary/aromatic N) is 1. The van der Waals surface area contributed by atoms with Gasteiger partial charge in [-0.15, -0.1) is 0 Å². The van der Waals surface area contributed by atoms with Gasteiger partial charge >= 0.3 is 17.9 Å². The van der Waals surface area contributed by atoms with Crippen LogP contribution >= 0.6 is 0 Å². The number of amides is 1. The summed E-state index contributed by atoms with van der Waals surface area (Å²) in [7, 11) is 1.37. The second kappa shape index (κ2) is 13.4. The number of cyclic esters (lactones) is 2. The highest BCUT2D eigenvalue weighted by Gasteiger charge is 2.33. The molecule has 3 rings (SSSR count). The Morgan fingerprint density at radius 3 is 2.55 bits per heavy atom. The molecule has 1 fully saturated rings. The lowest BCUT2D eigenvalue weighted by molar-refractivity contribution is -0.154. The number of rotatable bonds is 9. The molecule has 0 spiro atoms. The number of aromatic nitrogens is 1. The highest BCUT2D eigenvalue weighted by atomic mass is 16.7. The molecule has 1 amide bonds. The number of esters is 3. The van der Waals surface area contributed by atoms with Crippen molar-refractivity contribution in [2.75, 3.05) is 20.5 Å². The zero-order valence-electron chi connectivity index (χ0n) is 21.8. The Kier molecular flexibility index (Phi) is 10.0. The monoisotopic (exact) mass is 528 g/mol. The Hall–Kier alpha value is -4.15. The van der Waals surface area contributed by atoms with E-state index in [1.807, 2.05) is 30.3 Å². The van der Waals surface area contributed by atoms with Crippen molar-refractivity contribution < 1.29 is 42.9 Å². The SMILES string of the molecule is COc1ccnc(C(=O)N[C@H]2COC(=O)C(Cc3ccccc3)CC(C)OC2=O)c1OCOC(=O)C(C)C. The van der Waals surface area contributed by atoms with Crippen LogP contribution in [0.25, 0.3) is 0 Å². The van der Waals surface area contributed by atoms with Gasteiger partial charge in [-0.25, -0.2) is 9.78 Å². The van der Waals surface area contributed by atoms with Crippen LogP contribution < -0.4 is 14.8 Å². The van der Waals surface area contributed by atoms with Crippen LogP contribution in [-0.4, -0.2) is 61.5 Å². The second-order valence-electron chi connectivity index (χ2n) is 9.10. The minimum Gasteiger partial charge on any atom is -0.493 e. The second-order valence-corrected chi connectivity index (χ2v) is 9.10. The van der Waals surface area contributed by atoms with Crippen molar-refractivity contribution in [2.45, 2.75) is 45.8 Å². The van der Waals surface area contributed by atoms with Gasteiger partial charge in [-0.3, -0.25) is 14.4 Å². The summed E-state index contributed by atoms with van der Waals surface area (Å²) in [4.78, 5) is 54.6. The number of hydrogen-bond donors (Lipinski definition) is 1. The molecule has 1 N–H and O–H groups in total. The average Bonchev–Trinajstić information content (AvgIpc) is 2.94. The zero-order chi connectivity index (χ0) is 27.7. The van der Waals surface area contributed by atoms with Crippen molar-refractivity contribution in [2.24, 2.45) is 11.8 Å². The van der Waals surface area contributed by atoms with E-state index in [2.05, 4.69) is 10.3 Å². The lowest BCUT2D eigenvalue weighted by Crippen LogP contribution is -2.46. The molecule has 2 heterocycles. The van der Waals surface area contributed by atoms with E-state index in [9.17, 15) is 19.2 Å². The summed E-state index contributed by atoms with van der Waals surface area (Å²) in [6.45, 7) is 4.11.